The maximum atomic E-state index is 10.9. The first kappa shape index (κ1) is 22.5. The summed E-state index contributed by atoms with van der Waals surface area (Å²) in [6.45, 7) is 1.89. The molecule has 3 N–H and O–H groups in total. The van der Waals surface area contributed by atoms with E-state index in [1.807, 2.05) is 18.2 Å². The van der Waals surface area contributed by atoms with Gasteiger partial charge in [-0.2, -0.15) is 0 Å². The number of hydrogen-bond acceptors (Lipinski definition) is 4. The van der Waals surface area contributed by atoms with Gasteiger partial charge < -0.3 is 10.6 Å². The maximum Gasteiger partial charge on any atom is 0.208 e. The van der Waals surface area contributed by atoms with Gasteiger partial charge in [-0.15, -0.1) is 35.7 Å². The van der Waals surface area contributed by atoms with E-state index in [1.165, 1.54) is 4.90 Å². The maximum absolute atomic E-state index is 10.9. The molecule has 9 heteroatoms. The van der Waals surface area contributed by atoms with Gasteiger partial charge >= 0.3 is 0 Å². The third-order valence-corrected chi connectivity index (χ3v) is 4.38. The van der Waals surface area contributed by atoms with Crippen molar-refractivity contribution in [3.05, 3.63) is 30.3 Å². The Hall–Kier alpha value is -0.520. The number of hydrogen-bond donors (Lipinski definition) is 3. The van der Waals surface area contributed by atoms with E-state index in [9.17, 15) is 8.42 Å². The van der Waals surface area contributed by atoms with Gasteiger partial charge in [0.15, 0.2) is 5.96 Å². The highest BCUT2D eigenvalue weighted by atomic mass is 127. The quantitative estimate of drug-likeness (QED) is 0.167. The van der Waals surface area contributed by atoms with Gasteiger partial charge in [0.05, 0.1) is 6.26 Å². The Balaban J connectivity index is 0.00000484. The summed E-state index contributed by atoms with van der Waals surface area (Å²) < 4.78 is 24.3. The topological polar surface area (TPSA) is 82.6 Å². The highest BCUT2D eigenvalue weighted by molar-refractivity contribution is 14.0. The standard InChI is InChI=1S/C14H24N4O2S2.HI/c1-15-14(16-9-6-10-18-22(2,19)20)17-11-12-21-13-7-4-3-5-8-13;/h3-5,7-8,18H,6,9-12H2,1-2H3,(H2,15,16,17);1H. The monoisotopic (exact) mass is 472 g/mol. The van der Waals surface area contributed by atoms with Crippen LogP contribution in [0.25, 0.3) is 0 Å². The van der Waals surface area contributed by atoms with Crippen molar-refractivity contribution in [3.63, 3.8) is 0 Å². The fraction of sp³-hybridized carbons (Fsp3) is 0.500. The molecule has 23 heavy (non-hydrogen) atoms. The molecule has 0 bridgehead atoms. The smallest absolute Gasteiger partial charge is 0.208 e. The van der Waals surface area contributed by atoms with Crippen molar-refractivity contribution in [3.8, 4) is 0 Å². The SMILES string of the molecule is CN=C(NCCCNS(C)(=O)=O)NCCSc1ccccc1.I. The van der Waals surface area contributed by atoms with Gasteiger partial charge in [-0.05, 0) is 18.6 Å². The molecular weight excluding hydrogens is 447 g/mol. The van der Waals surface area contributed by atoms with Crippen LogP contribution < -0.4 is 15.4 Å². The Morgan fingerprint density at radius 2 is 1.78 bits per heavy atom. The minimum Gasteiger partial charge on any atom is -0.356 e. The molecule has 0 saturated heterocycles. The first-order valence-corrected chi connectivity index (χ1v) is 9.96. The summed E-state index contributed by atoms with van der Waals surface area (Å²) >= 11 is 1.79. The van der Waals surface area contributed by atoms with Crippen LogP contribution in [0.15, 0.2) is 40.2 Å². The van der Waals surface area contributed by atoms with Crippen LogP contribution in [0.4, 0.5) is 0 Å². The third kappa shape index (κ3) is 12.6. The molecule has 0 amide bonds. The van der Waals surface area contributed by atoms with Crippen LogP contribution in [0, 0.1) is 0 Å². The van der Waals surface area contributed by atoms with E-state index < -0.39 is 10.0 Å². The molecule has 0 heterocycles. The van der Waals surface area contributed by atoms with Crippen LogP contribution in [0.2, 0.25) is 0 Å². The molecule has 132 valence electrons. The van der Waals surface area contributed by atoms with Gasteiger partial charge in [-0.25, -0.2) is 13.1 Å². The highest BCUT2D eigenvalue weighted by Crippen LogP contribution is 2.15. The Morgan fingerprint density at radius 3 is 2.39 bits per heavy atom. The third-order valence-electron chi connectivity index (χ3n) is 2.64. The zero-order valence-electron chi connectivity index (χ0n) is 13.4. The second-order valence-electron chi connectivity index (χ2n) is 4.61. The number of aliphatic imine (C=N–C) groups is 1. The van der Waals surface area contributed by atoms with E-state index in [0.717, 1.165) is 24.5 Å². The largest absolute Gasteiger partial charge is 0.356 e. The zero-order chi connectivity index (χ0) is 16.3. The number of sulfonamides is 1. The predicted molar refractivity (Wildman–Crippen MR) is 109 cm³/mol. The molecule has 1 aromatic rings. The Labute approximate surface area is 160 Å². The zero-order valence-corrected chi connectivity index (χ0v) is 17.4. The highest BCUT2D eigenvalue weighted by Gasteiger charge is 2.00. The second kappa shape index (κ2) is 12.8. The number of nitrogens with zero attached hydrogens (tertiary/aromatic N) is 1. The molecule has 0 aliphatic heterocycles. The molecule has 0 aliphatic carbocycles. The summed E-state index contributed by atoms with van der Waals surface area (Å²) in [5.74, 6) is 1.67. The van der Waals surface area contributed by atoms with Gasteiger partial charge in [0, 0.05) is 37.3 Å². The Morgan fingerprint density at radius 1 is 1.13 bits per heavy atom. The van der Waals surface area contributed by atoms with Crippen molar-refractivity contribution in [2.75, 3.05) is 38.7 Å². The fourth-order valence-corrected chi connectivity index (χ4v) is 2.93. The fourth-order valence-electron chi connectivity index (χ4n) is 1.63. The normalized spacial score (nSPS) is 11.7. The van der Waals surface area contributed by atoms with Crippen LogP contribution in [0.3, 0.4) is 0 Å². The number of benzene rings is 1. The van der Waals surface area contributed by atoms with Gasteiger partial charge in [0.2, 0.25) is 10.0 Å². The number of halogens is 1. The summed E-state index contributed by atoms with van der Waals surface area (Å²) in [6, 6.07) is 10.2. The predicted octanol–water partition coefficient (Wildman–Crippen LogP) is 1.50. The van der Waals surface area contributed by atoms with E-state index in [4.69, 9.17) is 0 Å². The van der Waals surface area contributed by atoms with Crippen LogP contribution in [0.5, 0.6) is 0 Å². The number of guanidine groups is 1. The molecule has 6 nitrogen and oxygen atoms in total. The molecular formula is C14H25IN4O2S2. The average Bonchev–Trinajstić information content (AvgIpc) is 2.49. The van der Waals surface area contributed by atoms with Crippen molar-refractivity contribution < 1.29 is 8.42 Å². The second-order valence-corrected chi connectivity index (χ2v) is 7.61. The van der Waals surface area contributed by atoms with E-state index >= 15 is 0 Å². The lowest BCUT2D eigenvalue weighted by Gasteiger charge is -2.11. The van der Waals surface area contributed by atoms with Crippen LogP contribution in [-0.2, 0) is 10.0 Å². The molecule has 0 atom stereocenters. The van der Waals surface area contributed by atoms with Gasteiger partial charge in [-0.1, -0.05) is 18.2 Å². The molecule has 1 rings (SSSR count). The molecule has 0 spiro atoms. The van der Waals surface area contributed by atoms with Crippen molar-refractivity contribution in [1.82, 2.24) is 15.4 Å². The molecule has 1 aromatic carbocycles. The van der Waals surface area contributed by atoms with Gasteiger partial charge in [0.25, 0.3) is 0 Å². The van der Waals surface area contributed by atoms with Gasteiger partial charge in [-0.3, -0.25) is 4.99 Å². The minimum absolute atomic E-state index is 0. The van der Waals surface area contributed by atoms with Crippen LogP contribution >= 0.6 is 35.7 Å². The summed E-state index contributed by atoms with van der Waals surface area (Å²) in [4.78, 5) is 5.37. The number of rotatable bonds is 9. The van der Waals surface area contributed by atoms with Crippen molar-refractivity contribution in [2.24, 2.45) is 4.99 Å². The summed E-state index contributed by atoms with van der Waals surface area (Å²) in [5, 5.41) is 6.38. The average molecular weight is 472 g/mol. The van der Waals surface area contributed by atoms with Crippen molar-refractivity contribution in [2.45, 2.75) is 11.3 Å². The van der Waals surface area contributed by atoms with Crippen LogP contribution in [-0.4, -0.2) is 53.1 Å². The molecule has 0 radical (unpaired) electrons. The van der Waals surface area contributed by atoms with E-state index in [0.29, 0.717) is 19.5 Å². The van der Waals surface area contributed by atoms with Gasteiger partial charge in [0.1, 0.15) is 0 Å². The summed E-state index contributed by atoms with van der Waals surface area (Å²) in [7, 11) is -1.38. The van der Waals surface area contributed by atoms with E-state index in [2.05, 4.69) is 32.5 Å². The molecule has 0 unspecified atom stereocenters. The Kier molecular flexibility index (Phi) is 12.6. The first-order valence-electron chi connectivity index (χ1n) is 7.08. The lowest BCUT2D eigenvalue weighted by Crippen LogP contribution is -2.39. The number of nitrogens with one attached hydrogen (secondary N) is 3. The summed E-state index contributed by atoms with van der Waals surface area (Å²) in [6.07, 6.45) is 1.86. The molecule has 0 aliphatic rings. The molecule has 0 aromatic heterocycles. The Bertz CT molecular complexity index is 553. The summed E-state index contributed by atoms with van der Waals surface area (Å²) in [5.41, 5.74) is 0. The minimum atomic E-state index is -3.10. The molecule has 0 fully saturated rings. The number of thioether (sulfide) groups is 1. The van der Waals surface area contributed by atoms with Crippen molar-refractivity contribution in [1.29, 1.82) is 0 Å². The lowest BCUT2D eigenvalue weighted by molar-refractivity contribution is 0.584. The molecule has 0 saturated carbocycles. The first-order chi connectivity index (χ1) is 10.5. The van der Waals surface area contributed by atoms with Crippen molar-refractivity contribution >= 4 is 51.7 Å². The van der Waals surface area contributed by atoms with E-state index in [-0.39, 0.29) is 24.0 Å². The lowest BCUT2D eigenvalue weighted by atomic mass is 10.4. The van der Waals surface area contributed by atoms with Crippen LogP contribution in [0.1, 0.15) is 6.42 Å². The van der Waals surface area contributed by atoms with E-state index in [1.54, 1.807) is 18.8 Å².